The zero-order chi connectivity index (χ0) is 17.1. The van der Waals surface area contributed by atoms with E-state index in [2.05, 4.69) is 20.5 Å². The minimum Gasteiger partial charge on any atom is -0.345 e. The topological polar surface area (TPSA) is 72.2 Å². The number of thioether (sulfide) groups is 1. The lowest BCUT2D eigenvalue weighted by Crippen LogP contribution is -2.25. The van der Waals surface area contributed by atoms with Crippen molar-refractivity contribution in [3.8, 4) is 0 Å². The molecule has 3 aromatic rings. The number of hydrogen-bond acceptors (Lipinski definition) is 5. The van der Waals surface area contributed by atoms with Crippen LogP contribution in [-0.2, 0) is 6.54 Å². The predicted molar refractivity (Wildman–Crippen MR) is 96.5 cm³/mol. The van der Waals surface area contributed by atoms with Gasteiger partial charge in [0.1, 0.15) is 5.03 Å². The smallest absolute Gasteiger partial charge is 0.254 e. The Kier molecular flexibility index (Phi) is 4.65. The Labute approximate surface area is 150 Å². The third-order valence-corrected chi connectivity index (χ3v) is 5.74. The van der Waals surface area contributed by atoms with Crippen LogP contribution in [0.4, 0.5) is 0 Å². The molecule has 4 rings (SSSR count). The van der Waals surface area contributed by atoms with E-state index >= 15 is 0 Å². The maximum atomic E-state index is 12.6. The van der Waals surface area contributed by atoms with E-state index in [9.17, 15) is 4.79 Å². The number of aromatic nitrogens is 4. The van der Waals surface area contributed by atoms with Crippen LogP contribution in [0.2, 0.25) is 0 Å². The highest BCUT2D eigenvalue weighted by Gasteiger charge is 2.20. The quantitative estimate of drug-likeness (QED) is 0.763. The molecule has 1 aliphatic rings. The zero-order valence-electron chi connectivity index (χ0n) is 13.8. The number of carbonyl (C=O) groups is 1. The summed E-state index contributed by atoms with van der Waals surface area (Å²) < 4.78 is 1.87. The van der Waals surface area contributed by atoms with Gasteiger partial charge in [-0.1, -0.05) is 18.9 Å². The molecule has 1 fully saturated rings. The molecule has 0 radical (unpaired) electrons. The SMILES string of the molecule is O=C(NCc1nnc2ccccn12)c1cccnc1SC1CCCC1. The molecule has 1 amide bonds. The normalized spacial score (nSPS) is 14.9. The summed E-state index contributed by atoms with van der Waals surface area (Å²) in [6.45, 7) is 0.326. The van der Waals surface area contributed by atoms with Gasteiger partial charge in [0.2, 0.25) is 0 Å². The van der Waals surface area contributed by atoms with Crippen molar-refractivity contribution in [2.45, 2.75) is 42.5 Å². The molecule has 25 heavy (non-hydrogen) atoms. The van der Waals surface area contributed by atoms with Gasteiger partial charge in [-0.15, -0.1) is 22.0 Å². The van der Waals surface area contributed by atoms with Crippen LogP contribution in [0.3, 0.4) is 0 Å². The first-order valence-corrected chi connectivity index (χ1v) is 9.38. The first-order valence-electron chi connectivity index (χ1n) is 8.50. The van der Waals surface area contributed by atoms with Crippen molar-refractivity contribution in [1.29, 1.82) is 0 Å². The number of rotatable bonds is 5. The molecule has 3 heterocycles. The third-order valence-electron chi connectivity index (χ3n) is 4.39. The van der Waals surface area contributed by atoms with Crippen molar-refractivity contribution >= 4 is 23.3 Å². The van der Waals surface area contributed by atoms with E-state index in [-0.39, 0.29) is 5.91 Å². The largest absolute Gasteiger partial charge is 0.345 e. The molecule has 128 valence electrons. The van der Waals surface area contributed by atoms with E-state index in [0.29, 0.717) is 23.2 Å². The highest BCUT2D eigenvalue weighted by Crippen LogP contribution is 2.35. The van der Waals surface area contributed by atoms with Crippen LogP contribution in [0, 0.1) is 0 Å². The molecule has 6 nitrogen and oxygen atoms in total. The summed E-state index contributed by atoms with van der Waals surface area (Å²) in [5.41, 5.74) is 1.40. The van der Waals surface area contributed by atoms with Crippen molar-refractivity contribution in [3.05, 3.63) is 54.1 Å². The van der Waals surface area contributed by atoms with Crippen LogP contribution in [0.25, 0.3) is 5.65 Å². The second-order valence-corrected chi connectivity index (χ2v) is 7.40. The monoisotopic (exact) mass is 353 g/mol. The highest BCUT2D eigenvalue weighted by molar-refractivity contribution is 7.99. The summed E-state index contributed by atoms with van der Waals surface area (Å²) in [5.74, 6) is 0.583. The summed E-state index contributed by atoms with van der Waals surface area (Å²) >= 11 is 1.73. The molecule has 0 aromatic carbocycles. The maximum absolute atomic E-state index is 12.6. The Hall–Kier alpha value is -2.41. The molecule has 1 saturated carbocycles. The van der Waals surface area contributed by atoms with Gasteiger partial charge in [0, 0.05) is 17.6 Å². The number of nitrogens with one attached hydrogen (secondary N) is 1. The fourth-order valence-corrected chi connectivity index (χ4v) is 4.38. The second kappa shape index (κ2) is 7.23. The Bertz CT molecular complexity index is 888. The van der Waals surface area contributed by atoms with E-state index in [1.165, 1.54) is 25.7 Å². The molecular formula is C18H19N5OS. The summed E-state index contributed by atoms with van der Waals surface area (Å²) in [6, 6.07) is 9.35. The van der Waals surface area contributed by atoms with Crippen molar-refractivity contribution in [2.24, 2.45) is 0 Å². The predicted octanol–water partition coefficient (Wildman–Crippen LogP) is 3.09. The molecule has 7 heteroatoms. The minimum atomic E-state index is -0.124. The van der Waals surface area contributed by atoms with Crippen LogP contribution < -0.4 is 5.32 Å². The van der Waals surface area contributed by atoms with Gasteiger partial charge < -0.3 is 5.32 Å². The molecule has 3 aromatic heterocycles. The summed E-state index contributed by atoms with van der Waals surface area (Å²) in [6.07, 6.45) is 8.59. The lowest BCUT2D eigenvalue weighted by Gasteiger charge is -2.12. The minimum absolute atomic E-state index is 0.124. The molecule has 0 bridgehead atoms. The molecule has 0 saturated heterocycles. The number of nitrogens with zero attached hydrogens (tertiary/aromatic N) is 4. The Morgan fingerprint density at radius 3 is 2.96 bits per heavy atom. The van der Waals surface area contributed by atoms with Crippen molar-refractivity contribution < 1.29 is 4.79 Å². The molecule has 1 N–H and O–H groups in total. The molecule has 0 spiro atoms. The lowest BCUT2D eigenvalue weighted by molar-refractivity contribution is 0.0946. The van der Waals surface area contributed by atoms with Crippen molar-refractivity contribution in [3.63, 3.8) is 0 Å². The van der Waals surface area contributed by atoms with E-state index in [1.54, 1.807) is 24.0 Å². The van der Waals surface area contributed by atoms with E-state index < -0.39 is 0 Å². The molecule has 0 atom stereocenters. The summed E-state index contributed by atoms with van der Waals surface area (Å²) in [4.78, 5) is 17.1. The van der Waals surface area contributed by atoms with Gasteiger partial charge in [-0.05, 0) is 37.1 Å². The zero-order valence-corrected chi connectivity index (χ0v) is 14.6. The van der Waals surface area contributed by atoms with E-state index in [1.807, 2.05) is 34.9 Å². The Morgan fingerprint density at radius 2 is 2.08 bits per heavy atom. The van der Waals surface area contributed by atoms with Crippen LogP contribution in [-0.4, -0.2) is 30.7 Å². The van der Waals surface area contributed by atoms with Gasteiger partial charge >= 0.3 is 0 Å². The first-order chi connectivity index (χ1) is 12.3. The fraction of sp³-hybridized carbons (Fsp3) is 0.333. The second-order valence-electron chi connectivity index (χ2n) is 6.11. The van der Waals surface area contributed by atoms with Gasteiger partial charge in [0.25, 0.3) is 5.91 Å². The van der Waals surface area contributed by atoms with E-state index in [4.69, 9.17) is 0 Å². The summed E-state index contributed by atoms with van der Waals surface area (Å²) in [5, 5.41) is 12.6. The van der Waals surface area contributed by atoms with Crippen LogP contribution in [0.5, 0.6) is 0 Å². The standard InChI is InChI=1S/C18H19N5OS/c24-17(20-12-16-22-21-15-9-3-4-11-23(15)16)14-8-5-10-19-18(14)25-13-6-1-2-7-13/h3-5,8-11,13H,1-2,6-7,12H2,(H,20,24). The van der Waals surface area contributed by atoms with Gasteiger partial charge in [-0.2, -0.15) is 0 Å². The van der Waals surface area contributed by atoms with Gasteiger partial charge in [-0.25, -0.2) is 4.98 Å². The first kappa shape index (κ1) is 16.1. The number of hydrogen-bond donors (Lipinski definition) is 1. The number of pyridine rings is 2. The number of fused-ring (bicyclic) bond motifs is 1. The van der Waals surface area contributed by atoms with Gasteiger partial charge in [0.15, 0.2) is 11.5 Å². The average Bonchev–Trinajstić information content (AvgIpc) is 3.30. The van der Waals surface area contributed by atoms with Gasteiger partial charge in [0.05, 0.1) is 12.1 Å². The third kappa shape index (κ3) is 3.51. The van der Waals surface area contributed by atoms with Crippen molar-refractivity contribution in [2.75, 3.05) is 0 Å². The summed E-state index contributed by atoms with van der Waals surface area (Å²) in [7, 11) is 0. The van der Waals surface area contributed by atoms with Crippen LogP contribution >= 0.6 is 11.8 Å². The molecule has 0 unspecified atom stereocenters. The maximum Gasteiger partial charge on any atom is 0.254 e. The average molecular weight is 353 g/mol. The van der Waals surface area contributed by atoms with E-state index in [0.717, 1.165) is 10.7 Å². The van der Waals surface area contributed by atoms with Crippen molar-refractivity contribution in [1.82, 2.24) is 24.9 Å². The Balaban J connectivity index is 1.47. The lowest BCUT2D eigenvalue weighted by atomic mass is 10.2. The number of carbonyl (C=O) groups excluding carboxylic acids is 1. The van der Waals surface area contributed by atoms with Crippen LogP contribution in [0.1, 0.15) is 41.9 Å². The fourth-order valence-electron chi connectivity index (χ4n) is 3.09. The molecule has 1 aliphatic carbocycles. The Morgan fingerprint density at radius 1 is 1.20 bits per heavy atom. The van der Waals surface area contributed by atoms with Crippen LogP contribution in [0.15, 0.2) is 47.8 Å². The molecular weight excluding hydrogens is 334 g/mol. The molecule has 0 aliphatic heterocycles. The van der Waals surface area contributed by atoms with Gasteiger partial charge in [-0.3, -0.25) is 9.20 Å². The number of amides is 1. The highest BCUT2D eigenvalue weighted by atomic mass is 32.2.